The van der Waals surface area contributed by atoms with E-state index >= 15 is 0 Å². The molecule has 0 saturated carbocycles. The molecule has 0 aliphatic carbocycles. The van der Waals surface area contributed by atoms with Gasteiger partial charge in [-0.15, -0.1) is 11.3 Å². The van der Waals surface area contributed by atoms with Crippen molar-refractivity contribution in [2.75, 3.05) is 19.6 Å². The number of nitrogens with one attached hydrogen (secondary N) is 1. The first-order valence-electron chi connectivity index (χ1n) is 8.41. The molecule has 0 bridgehead atoms. The minimum absolute atomic E-state index is 0.147. The van der Waals surface area contributed by atoms with Crippen molar-refractivity contribution in [1.29, 1.82) is 0 Å². The SMILES string of the molecule is Cc1ccc(-c2nc(C(=O)N3CCNCC3c3cccc(F)c3)cs2)o1. The maximum atomic E-state index is 13.6. The summed E-state index contributed by atoms with van der Waals surface area (Å²) in [5, 5.41) is 5.70. The molecule has 134 valence electrons. The molecule has 1 aliphatic heterocycles. The molecule has 1 amide bonds. The number of amides is 1. The molecular weight excluding hydrogens is 353 g/mol. The van der Waals surface area contributed by atoms with Crippen molar-refractivity contribution in [2.45, 2.75) is 13.0 Å². The van der Waals surface area contributed by atoms with E-state index < -0.39 is 0 Å². The number of carbonyl (C=O) groups is 1. The topological polar surface area (TPSA) is 58.4 Å². The normalized spacial score (nSPS) is 17.5. The van der Waals surface area contributed by atoms with Crippen LogP contribution >= 0.6 is 11.3 Å². The Morgan fingerprint density at radius 3 is 3.04 bits per heavy atom. The van der Waals surface area contributed by atoms with Gasteiger partial charge in [-0.1, -0.05) is 12.1 Å². The Morgan fingerprint density at radius 2 is 2.27 bits per heavy atom. The van der Waals surface area contributed by atoms with E-state index in [0.717, 1.165) is 11.3 Å². The number of hydrogen-bond donors (Lipinski definition) is 1. The maximum Gasteiger partial charge on any atom is 0.273 e. The van der Waals surface area contributed by atoms with Crippen molar-refractivity contribution in [3.63, 3.8) is 0 Å². The molecule has 1 N–H and O–H groups in total. The Bertz CT molecular complexity index is 936. The molecule has 1 saturated heterocycles. The molecule has 1 aliphatic rings. The van der Waals surface area contributed by atoms with Crippen molar-refractivity contribution in [2.24, 2.45) is 0 Å². The third kappa shape index (κ3) is 3.27. The van der Waals surface area contributed by atoms with Gasteiger partial charge in [0.05, 0.1) is 6.04 Å². The number of aryl methyl sites for hydroxylation is 1. The molecule has 1 atom stereocenters. The molecule has 0 spiro atoms. The standard InChI is InChI=1S/C19H18FN3O2S/c1-12-5-6-17(25-12)18-22-15(11-26-18)19(24)23-8-7-21-10-16(23)13-3-2-4-14(20)9-13/h2-6,9,11,16,21H,7-8,10H2,1H3. The molecule has 5 nitrogen and oxygen atoms in total. The highest BCUT2D eigenvalue weighted by Crippen LogP contribution is 2.29. The Balaban J connectivity index is 1.60. The van der Waals surface area contributed by atoms with Crippen LogP contribution in [0, 0.1) is 12.7 Å². The first-order chi connectivity index (χ1) is 12.6. The van der Waals surface area contributed by atoms with Crippen molar-refractivity contribution in [3.8, 4) is 10.8 Å². The van der Waals surface area contributed by atoms with Gasteiger partial charge in [0.1, 0.15) is 17.3 Å². The summed E-state index contributed by atoms with van der Waals surface area (Å²) in [6.45, 7) is 3.70. The van der Waals surface area contributed by atoms with Gasteiger partial charge in [0, 0.05) is 25.0 Å². The van der Waals surface area contributed by atoms with Gasteiger partial charge in [0.15, 0.2) is 10.8 Å². The number of piperazine rings is 1. The lowest BCUT2D eigenvalue weighted by molar-refractivity contribution is 0.0628. The molecule has 4 rings (SSSR count). The van der Waals surface area contributed by atoms with E-state index in [-0.39, 0.29) is 17.8 Å². The second kappa shape index (κ2) is 7.01. The van der Waals surface area contributed by atoms with E-state index in [0.29, 0.717) is 36.1 Å². The van der Waals surface area contributed by atoms with E-state index in [1.165, 1.54) is 23.5 Å². The van der Waals surface area contributed by atoms with Crippen LogP contribution in [-0.4, -0.2) is 35.4 Å². The molecular formula is C19H18FN3O2S. The lowest BCUT2D eigenvalue weighted by Gasteiger charge is -2.36. The van der Waals surface area contributed by atoms with Crippen LogP contribution in [0.1, 0.15) is 27.9 Å². The van der Waals surface area contributed by atoms with Crippen LogP contribution in [0.2, 0.25) is 0 Å². The summed E-state index contributed by atoms with van der Waals surface area (Å²) in [5.74, 6) is 1.01. The van der Waals surface area contributed by atoms with Gasteiger partial charge in [-0.3, -0.25) is 4.79 Å². The quantitative estimate of drug-likeness (QED) is 0.764. The zero-order valence-electron chi connectivity index (χ0n) is 14.2. The number of thiazole rings is 1. The number of furan rings is 1. The van der Waals surface area contributed by atoms with Crippen molar-refractivity contribution in [1.82, 2.24) is 15.2 Å². The summed E-state index contributed by atoms with van der Waals surface area (Å²) in [5.41, 5.74) is 1.17. The van der Waals surface area contributed by atoms with Crippen LogP contribution in [0.3, 0.4) is 0 Å². The minimum Gasteiger partial charge on any atom is -0.459 e. The highest BCUT2D eigenvalue weighted by atomic mass is 32.1. The first kappa shape index (κ1) is 16.9. The Kier molecular flexibility index (Phi) is 4.57. The van der Waals surface area contributed by atoms with Crippen LogP contribution in [-0.2, 0) is 0 Å². The Hall–Kier alpha value is -2.51. The van der Waals surface area contributed by atoms with Gasteiger partial charge in [-0.25, -0.2) is 9.37 Å². The fourth-order valence-corrected chi connectivity index (χ4v) is 3.89. The second-order valence-corrected chi connectivity index (χ2v) is 7.08. The fraction of sp³-hybridized carbons (Fsp3) is 0.263. The largest absolute Gasteiger partial charge is 0.459 e. The second-order valence-electron chi connectivity index (χ2n) is 6.22. The monoisotopic (exact) mass is 371 g/mol. The molecule has 7 heteroatoms. The summed E-state index contributed by atoms with van der Waals surface area (Å²) in [7, 11) is 0. The molecule has 26 heavy (non-hydrogen) atoms. The summed E-state index contributed by atoms with van der Waals surface area (Å²) in [4.78, 5) is 19.3. The van der Waals surface area contributed by atoms with Gasteiger partial charge < -0.3 is 14.6 Å². The van der Waals surface area contributed by atoms with Gasteiger partial charge >= 0.3 is 0 Å². The van der Waals surface area contributed by atoms with Crippen LogP contribution in [0.5, 0.6) is 0 Å². The van der Waals surface area contributed by atoms with Crippen LogP contribution in [0.4, 0.5) is 4.39 Å². The highest BCUT2D eigenvalue weighted by molar-refractivity contribution is 7.13. The number of hydrogen-bond acceptors (Lipinski definition) is 5. The summed E-state index contributed by atoms with van der Waals surface area (Å²) in [6, 6.07) is 9.90. The molecule has 1 unspecified atom stereocenters. The Labute approximate surface area is 154 Å². The van der Waals surface area contributed by atoms with E-state index in [1.54, 1.807) is 16.3 Å². The van der Waals surface area contributed by atoms with E-state index in [1.807, 2.05) is 25.1 Å². The molecule has 3 heterocycles. The summed E-state index contributed by atoms with van der Waals surface area (Å²) >= 11 is 1.38. The number of rotatable bonds is 3. The number of benzene rings is 1. The third-order valence-electron chi connectivity index (χ3n) is 4.41. The lowest BCUT2D eigenvalue weighted by atomic mass is 10.0. The van der Waals surface area contributed by atoms with Crippen molar-refractivity contribution in [3.05, 3.63) is 64.6 Å². The predicted molar refractivity (Wildman–Crippen MR) is 97.6 cm³/mol. The fourth-order valence-electron chi connectivity index (χ4n) is 3.14. The van der Waals surface area contributed by atoms with Crippen LogP contribution in [0.25, 0.3) is 10.8 Å². The minimum atomic E-state index is -0.301. The van der Waals surface area contributed by atoms with E-state index in [2.05, 4.69) is 10.3 Å². The van der Waals surface area contributed by atoms with Crippen LogP contribution < -0.4 is 5.32 Å². The average molecular weight is 371 g/mol. The Morgan fingerprint density at radius 1 is 1.38 bits per heavy atom. The highest BCUT2D eigenvalue weighted by Gasteiger charge is 2.30. The van der Waals surface area contributed by atoms with Gasteiger partial charge in [0.25, 0.3) is 5.91 Å². The zero-order valence-corrected chi connectivity index (χ0v) is 15.1. The number of nitrogens with zero attached hydrogens (tertiary/aromatic N) is 2. The van der Waals surface area contributed by atoms with Gasteiger partial charge in [-0.2, -0.15) is 0 Å². The molecule has 1 fully saturated rings. The smallest absolute Gasteiger partial charge is 0.273 e. The zero-order chi connectivity index (χ0) is 18.1. The number of aromatic nitrogens is 1. The van der Waals surface area contributed by atoms with Crippen molar-refractivity contribution >= 4 is 17.2 Å². The molecule has 1 aromatic carbocycles. The third-order valence-corrected chi connectivity index (χ3v) is 5.27. The van der Waals surface area contributed by atoms with Crippen LogP contribution in [0.15, 0.2) is 46.2 Å². The first-order valence-corrected chi connectivity index (χ1v) is 9.29. The van der Waals surface area contributed by atoms with E-state index in [9.17, 15) is 9.18 Å². The van der Waals surface area contributed by atoms with E-state index in [4.69, 9.17) is 4.42 Å². The van der Waals surface area contributed by atoms with Crippen molar-refractivity contribution < 1.29 is 13.6 Å². The molecule has 3 aromatic rings. The average Bonchev–Trinajstić information content (AvgIpc) is 3.30. The summed E-state index contributed by atoms with van der Waals surface area (Å²) < 4.78 is 19.2. The summed E-state index contributed by atoms with van der Waals surface area (Å²) in [6.07, 6.45) is 0. The number of carbonyl (C=O) groups excluding carboxylic acids is 1. The maximum absolute atomic E-state index is 13.6. The molecule has 0 radical (unpaired) electrons. The number of halogens is 1. The van der Waals surface area contributed by atoms with Gasteiger partial charge in [-0.05, 0) is 36.8 Å². The molecule has 2 aromatic heterocycles. The lowest BCUT2D eigenvalue weighted by Crippen LogP contribution is -2.48. The van der Waals surface area contributed by atoms with Gasteiger partial charge in [0.2, 0.25) is 0 Å². The predicted octanol–water partition coefficient (Wildman–Crippen LogP) is 3.64.